The van der Waals surface area contributed by atoms with Gasteiger partial charge in [0, 0.05) is 6.54 Å². The summed E-state index contributed by atoms with van der Waals surface area (Å²) in [5.41, 5.74) is 0.707. The highest BCUT2D eigenvalue weighted by Gasteiger charge is 2.19. The Kier molecular flexibility index (Phi) is 6.81. The SMILES string of the molecule is CCNC(=O)C(C)Oc1c(Br)cc(CO)cc1OCC. The van der Waals surface area contributed by atoms with Crippen molar-refractivity contribution in [2.75, 3.05) is 13.2 Å². The van der Waals surface area contributed by atoms with E-state index in [0.717, 1.165) is 0 Å². The molecule has 0 fully saturated rings. The van der Waals surface area contributed by atoms with E-state index in [4.69, 9.17) is 9.47 Å². The smallest absolute Gasteiger partial charge is 0.260 e. The van der Waals surface area contributed by atoms with Gasteiger partial charge in [0.05, 0.1) is 17.7 Å². The zero-order chi connectivity index (χ0) is 15.1. The lowest BCUT2D eigenvalue weighted by atomic mass is 10.2. The Morgan fingerprint density at radius 2 is 2.15 bits per heavy atom. The lowest BCUT2D eigenvalue weighted by molar-refractivity contribution is -0.127. The van der Waals surface area contributed by atoms with Gasteiger partial charge in [0.15, 0.2) is 17.6 Å². The molecule has 1 aromatic rings. The predicted octanol–water partition coefficient (Wildman–Crippen LogP) is 2.24. The van der Waals surface area contributed by atoms with Gasteiger partial charge in [-0.25, -0.2) is 0 Å². The summed E-state index contributed by atoms with van der Waals surface area (Å²) in [7, 11) is 0. The van der Waals surface area contributed by atoms with E-state index in [1.165, 1.54) is 0 Å². The zero-order valence-electron chi connectivity index (χ0n) is 11.9. The van der Waals surface area contributed by atoms with Gasteiger partial charge in [-0.2, -0.15) is 0 Å². The van der Waals surface area contributed by atoms with Crippen molar-refractivity contribution in [1.29, 1.82) is 0 Å². The lowest BCUT2D eigenvalue weighted by Gasteiger charge is -2.19. The van der Waals surface area contributed by atoms with Gasteiger partial charge in [-0.15, -0.1) is 0 Å². The normalized spacial score (nSPS) is 11.8. The van der Waals surface area contributed by atoms with E-state index >= 15 is 0 Å². The van der Waals surface area contributed by atoms with Crippen molar-refractivity contribution < 1.29 is 19.4 Å². The average Bonchev–Trinajstić information content (AvgIpc) is 2.42. The molecule has 1 aromatic carbocycles. The molecule has 1 rings (SSSR count). The Balaban J connectivity index is 3.00. The molecule has 0 saturated heterocycles. The molecule has 0 heterocycles. The van der Waals surface area contributed by atoms with Gasteiger partial charge in [-0.3, -0.25) is 4.79 Å². The number of halogens is 1. The third-order valence-electron chi connectivity index (χ3n) is 2.57. The first kappa shape index (κ1) is 16.8. The second-order valence-corrected chi connectivity index (χ2v) is 5.01. The van der Waals surface area contributed by atoms with Gasteiger partial charge in [-0.05, 0) is 54.4 Å². The van der Waals surface area contributed by atoms with Crippen molar-refractivity contribution in [3.63, 3.8) is 0 Å². The van der Waals surface area contributed by atoms with Crippen LogP contribution >= 0.6 is 15.9 Å². The number of likely N-dealkylation sites (N-methyl/N-ethyl adjacent to an activating group) is 1. The number of aliphatic hydroxyl groups excluding tert-OH is 1. The van der Waals surface area contributed by atoms with Crippen LogP contribution in [0.25, 0.3) is 0 Å². The van der Waals surface area contributed by atoms with Gasteiger partial charge < -0.3 is 19.9 Å². The molecular formula is C14H20BrNO4. The Bertz CT molecular complexity index is 465. The van der Waals surface area contributed by atoms with E-state index in [1.807, 2.05) is 13.8 Å². The summed E-state index contributed by atoms with van der Waals surface area (Å²) in [5, 5.41) is 11.9. The minimum atomic E-state index is -0.634. The third kappa shape index (κ3) is 4.38. The molecule has 0 saturated carbocycles. The number of hydrogen-bond donors (Lipinski definition) is 2. The Morgan fingerprint density at radius 3 is 2.70 bits per heavy atom. The van der Waals surface area contributed by atoms with Crippen LogP contribution in [0.4, 0.5) is 0 Å². The number of amides is 1. The largest absolute Gasteiger partial charge is 0.490 e. The molecule has 0 bridgehead atoms. The summed E-state index contributed by atoms with van der Waals surface area (Å²) >= 11 is 3.38. The van der Waals surface area contributed by atoms with Crippen molar-refractivity contribution in [3.05, 3.63) is 22.2 Å². The molecule has 1 unspecified atom stereocenters. The second-order valence-electron chi connectivity index (χ2n) is 4.15. The quantitative estimate of drug-likeness (QED) is 0.795. The molecule has 5 nitrogen and oxygen atoms in total. The molecule has 0 aliphatic carbocycles. The maximum Gasteiger partial charge on any atom is 0.260 e. The number of rotatable bonds is 7. The molecule has 1 amide bonds. The predicted molar refractivity (Wildman–Crippen MR) is 80.0 cm³/mol. The molecule has 0 aliphatic heterocycles. The molecule has 20 heavy (non-hydrogen) atoms. The zero-order valence-corrected chi connectivity index (χ0v) is 13.5. The molecule has 2 N–H and O–H groups in total. The van der Waals surface area contributed by atoms with Crippen molar-refractivity contribution >= 4 is 21.8 Å². The van der Waals surface area contributed by atoms with Crippen LogP contribution < -0.4 is 14.8 Å². The summed E-state index contributed by atoms with van der Waals surface area (Å²) in [6.45, 7) is 6.30. The maximum absolute atomic E-state index is 11.7. The van der Waals surface area contributed by atoms with Crippen molar-refractivity contribution in [1.82, 2.24) is 5.32 Å². The van der Waals surface area contributed by atoms with Crippen molar-refractivity contribution in [2.24, 2.45) is 0 Å². The summed E-state index contributed by atoms with van der Waals surface area (Å²) in [6.07, 6.45) is -0.634. The summed E-state index contributed by atoms with van der Waals surface area (Å²) in [5.74, 6) is 0.776. The number of hydrogen-bond acceptors (Lipinski definition) is 4. The first-order valence-corrected chi connectivity index (χ1v) is 7.33. The molecule has 112 valence electrons. The highest BCUT2D eigenvalue weighted by molar-refractivity contribution is 9.10. The van der Waals surface area contributed by atoms with Gasteiger partial charge in [0.2, 0.25) is 0 Å². The lowest BCUT2D eigenvalue weighted by Crippen LogP contribution is -2.36. The van der Waals surface area contributed by atoms with E-state index in [2.05, 4.69) is 21.2 Å². The average molecular weight is 346 g/mol. The Hall–Kier alpha value is -1.27. The number of carbonyl (C=O) groups excluding carboxylic acids is 1. The van der Waals surface area contributed by atoms with Crippen LogP contribution in [0.1, 0.15) is 26.3 Å². The standard InChI is InChI=1S/C14H20BrNO4/c1-4-16-14(18)9(3)20-13-11(15)6-10(8-17)7-12(13)19-5-2/h6-7,9,17H,4-5,8H2,1-3H3,(H,16,18). The van der Waals surface area contributed by atoms with Crippen LogP contribution in [0, 0.1) is 0 Å². The number of benzene rings is 1. The minimum Gasteiger partial charge on any atom is -0.490 e. The molecule has 0 aliphatic rings. The highest BCUT2D eigenvalue weighted by atomic mass is 79.9. The van der Waals surface area contributed by atoms with Crippen LogP contribution in [0.3, 0.4) is 0 Å². The molecular weight excluding hydrogens is 326 g/mol. The highest BCUT2D eigenvalue weighted by Crippen LogP contribution is 2.37. The number of carbonyl (C=O) groups is 1. The van der Waals surface area contributed by atoms with Crippen LogP contribution in [0.5, 0.6) is 11.5 Å². The number of nitrogens with one attached hydrogen (secondary N) is 1. The fraction of sp³-hybridized carbons (Fsp3) is 0.500. The first-order chi connectivity index (χ1) is 9.53. The summed E-state index contributed by atoms with van der Waals surface area (Å²) in [6, 6.07) is 3.44. The topological polar surface area (TPSA) is 67.8 Å². The van der Waals surface area contributed by atoms with E-state index in [1.54, 1.807) is 19.1 Å². The van der Waals surface area contributed by atoms with E-state index in [9.17, 15) is 9.90 Å². The second kappa shape index (κ2) is 8.11. The van der Waals surface area contributed by atoms with Gasteiger partial charge >= 0.3 is 0 Å². The van der Waals surface area contributed by atoms with E-state index in [-0.39, 0.29) is 12.5 Å². The monoisotopic (exact) mass is 345 g/mol. The van der Waals surface area contributed by atoms with Crippen LogP contribution in [0.15, 0.2) is 16.6 Å². The molecule has 0 radical (unpaired) electrons. The Labute approximate surface area is 127 Å². The fourth-order valence-electron chi connectivity index (χ4n) is 1.64. The van der Waals surface area contributed by atoms with Gasteiger partial charge in [-0.1, -0.05) is 0 Å². The summed E-state index contributed by atoms with van der Waals surface area (Å²) in [4.78, 5) is 11.7. The van der Waals surface area contributed by atoms with Crippen molar-refractivity contribution in [2.45, 2.75) is 33.5 Å². The van der Waals surface area contributed by atoms with Crippen molar-refractivity contribution in [3.8, 4) is 11.5 Å². The maximum atomic E-state index is 11.7. The van der Waals surface area contributed by atoms with Crippen LogP contribution in [-0.2, 0) is 11.4 Å². The minimum absolute atomic E-state index is 0.0924. The third-order valence-corrected chi connectivity index (χ3v) is 3.16. The molecule has 0 spiro atoms. The fourth-order valence-corrected chi connectivity index (χ4v) is 2.22. The van der Waals surface area contributed by atoms with Gasteiger partial charge in [0.25, 0.3) is 5.91 Å². The molecule has 0 aromatic heterocycles. The van der Waals surface area contributed by atoms with E-state index in [0.29, 0.717) is 34.7 Å². The molecule has 1 atom stereocenters. The summed E-state index contributed by atoms with van der Waals surface area (Å²) < 4.78 is 11.8. The van der Waals surface area contributed by atoms with Crippen LogP contribution in [-0.4, -0.2) is 30.3 Å². The number of aliphatic hydroxyl groups is 1. The van der Waals surface area contributed by atoms with Crippen LogP contribution in [0.2, 0.25) is 0 Å². The van der Waals surface area contributed by atoms with E-state index < -0.39 is 6.10 Å². The van der Waals surface area contributed by atoms with Gasteiger partial charge in [0.1, 0.15) is 0 Å². The Morgan fingerprint density at radius 1 is 1.45 bits per heavy atom. The first-order valence-electron chi connectivity index (χ1n) is 6.53. The number of ether oxygens (including phenoxy) is 2. The molecule has 6 heteroatoms.